The molecule has 0 fully saturated rings. The van der Waals surface area contributed by atoms with Gasteiger partial charge in [0.05, 0.1) is 12.5 Å². The SMILES string of the molecule is CCOc1ccccc1CCCNC(=O)[C@@H]1CC(=O)Nc2ccc(F)cc21. The third-order valence-electron chi connectivity index (χ3n) is 4.56. The number of carbonyl (C=O) groups is 2. The van der Waals surface area contributed by atoms with Gasteiger partial charge in [0.1, 0.15) is 11.6 Å². The molecule has 1 heterocycles. The van der Waals surface area contributed by atoms with E-state index in [0.717, 1.165) is 24.2 Å². The van der Waals surface area contributed by atoms with Crippen molar-refractivity contribution in [3.05, 3.63) is 59.4 Å². The standard InChI is InChI=1S/C21H23FN2O3/c1-2-27-19-8-4-3-6-14(19)7-5-11-23-21(26)17-13-20(25)24-18-10-9-15(22)12-16(17)18/h3-4,6,8-10,12,17H,2,5,7,11,13H2,1H3,(H,23,26)(H,24,25)/t17-/m1/s1. The fraction of sp³-hybridized carbons (Fsp3) is 0.333. The molecular formula is C21H23FN2O3. The number of benzene rings is 2. The number of nitrogens with one attached hydrogen (secondary N) is 2. The van der Waals surface area contributed by atoms with Crippen LogP contribution in [0.1, 0.15) is 36.8 Å². The van der Waals surface area contributed by atoms with Crippen LogP contribution in [0.3, 0.4) is 0 Å². The number of ether oxygens (including phenoxy) is 1. The minimum atomic E-state index is -0.667. The molecule has 5 nitrogen and oxygen atoms in total. The van der Waals surface area contributed by atoms with Gasteiger partial charge >= 0.3 is 0 Å². The first kappa shape index (κ1) is 18.9. The third-order valence-corrected chi connectivity index (χ3v) is 4.56. The van der Waals surface area contributed by atoms with Crippen LogP contribution >= 0.6 is 0 Å². The number of carbonyl (C=O) groups excluding carboxylic acids is 2. The largest absolute Gasteiger partial charge is 0.494 e. The Bertz CT molecular complexity index is 838. The average Bonchev–Trinajstić information content (AvgIpc) is 2.66. The first-order valence-electron chi connectivity index (χ1n) is 9.16. The van der Waals surface area contributed by atoms with E-state index in [1.165, 1.54) is 18.2 Å². The molecule has 2 N–H and O–H groups in total. The highest BCUT2D eigenvalue weighted by Gasteiger charge is 2.30. The Kier molecular flexibility index (Phi) is 6.06. The lowest BCUT2D eigenvalue weighted by molar-refractivity contribution is -0.126. The Labute approximate surface area is 157 Å². The second-order valence-electron chi connectivity index (χ2n) is 6.47. The smallest absolute Gasteiger partial charge is 0.228 e. The normalized spacial score (nSPS) is 15.6. The maximum atomic E-state index is 13.6. The zero-order valence-electron chi connectivity index (χ0n) is 15.3. The van der Waals surface area contributed by atoms with Crippen molar-refractivity contribution in [1.82, 2.24) is 5.32 Å². The van der Waals surface area contributed by atoms with Crippen molar-refractivity contribution in [3.63, 3.8) is 0 Å². The molecule has 2 amide bonds. The molecule has 3 rings (SSSR count). The molecule has 0 bridgehead atoms. The highest BCUT2D eigenvalue weighted by molar-refractivity contribution is 6.01. The van der Waals surface area contributed by atoms with Crippen molar-refractivity contribution in [2.24, 2.45) is 0 Å². The number of aryl methyl sites for hydroxylation is 1. The highest BCUT2D eigenvalue weighted by Crippen LogP contribution is 2.32. The van der Waals surface area contributed by atoms with Crippen LogP contribution in [0.4, 0.5) is 10.1 Å². The molecular weight excluding hydrogens is 347 g/mol. The molecule has 0 radical (unpaired) electrons. The van der Waals surface area contributed by atoms with E-state index in [-0.39, 0.29) is 18.2 Å². The van der Waals surface area contributed by atoms with Crippen LogP contribution in [-0.4, -0.2) is 25.0 Å². The summed E-state index contributed by atoms with van der Waals surface area (Å²) in [5, 5.41) is 5.55. The molecule has 0 saturated heterocycles. The predicted molar refractivity (Wildman–Crippen MR) is 101 cm³/mol. The Balaban J connectivity index is 1.58. The summed E-state index contributed by atoms with van der Waals surface area (Å²) in [6.07, 6.45) is 1.53. The molecule has 0 spiro atoms. The molecule has 0 aliphatic carbocycles. The minimum Gasteiger partial charge on any atom is -0.494 e. The number of rotatable bonds is 7. The van der Waals surface area contributed by atoms with E-state index in [9.17, 15) is 14.0 Å². The van der Waals surface area contributed by atoms with Gasteiger partial charge in [-0.15, -0.1) is 0 Å². The second kappa shape index (κ2) is 8.66. The lowest BCUT2D eigenvalue weighted by atomic mass is 9.89. The monoisotopic (exact) mass is 370 g/mol. The summed E-state index contributed by atoms with van der Waals surface area (Å²) in [4.78, 5) is 24.4. The van der Waals surface area contributed by atoms with Gasteiger partial charge in [-0.1, -0.05) is 18.2 Å². The summed E-state index contributed by atoms with van der Waals surface area (Å²) >= 11 is 0. The first-order chi connectivity index (χ1) is 13.1. The summed E-state index contributed by atoms with van der Waals surface area (Å²) in [5.74, 6) is -0.718. The first-order valence-corrected chi connectivity index (χ1v) is 9.16. The van der Waals surface area contributed by atoms with Gasteiger partial charge in [0.25, 0.3) is 0 Å². The number of para-hydroxylation sites is 1. The van der Waals surface area contributed by atoms with Crippen LogP contribution in [0.15, 0.2) is 42.5 Å². The van der Waals surface area contributed by atoms with Crippen molar-refractivity contribution in [2.75, 3.05) is 18.5 Å². The van der Waals surface area contributed by atoms with E-state index >= 15 is 0 Å². The van der Waals surface area contributed by atoms with E-state index in [2.05, 4.69) is 10.6 Å². The van der Waals surface area contributed by atoms with Gasteiger partial charge in [-0.05, 0) is 55.2 Å². The van der Waals surface area contributed by atoms with E-state index in [4.69, 9.17) is 4.74 Å². The lowest BCUT2D eigenvalue weighted by Crippen LogP contribution is -2.35. The summed E-state index contributed by atoms with van der Waals surface area (Å²) in [7, 11) is 0. The van der Waals surface area contributed by atoms with Gasteiger partial charge < -0.3 is 15.4 Å². The summed E-state index contributed by atoms with van der Waals surface area (Å²) in [5.41, 5.74) is 2.12. The van der Waals surface area contributed by atoms with E-state index < -0.39 is 11.7 Å². The molecule has 1 aliphatic heterocycles. The zero-order valence-corrected chi connectivity index (χ0v) is 15.3. The third kappa shape index (κ3) is 4.64. The minimum absolute atomic E-state index is 0.0233. The van der Waals surface area contributed by atoms with E-state index in [0.29, 0.717) is 24.4 Å². The van der Waals surface area contributed by atoms with Gasteiger partial charge in [-0.2, -0.15) is 0 Å². The number of halogens is 1. The van der Waals surface area contributed by atoms with Gasteiger partial charge in [0.15, 0.2) is 0 Å². The van der Waals surface area contributed by atoms with Crippen molar-refractivity contribution < 1.29 is 18.7 Å². The Morgan fingerprint density at radius 2 is 2.11 bits per heavy atom. The second-order valence-corrected chi connectivity index (χ2v) is 6.47. The number of amides is 2. The quantitative estimate of drug-likeness (QED) is 0.734. The van der Waals surface area contributed by atoms with Crippen LogP contribution in [-0.2, 0) is 16.0 Å². The maximum absolute atomic E-state index is 13.6. The molecule has 1 atom stereocenters. The van der Waals surface area contributed by atoms with E-state index in [1.807, 2.05) is 31.2 Å². The highest BCUT2D eigenvalue weighted by atomic mass is 19.1. The van der Waals surface area contributed by atoms with Crippen molar-refractivity contribution in [1.29, 1.82) is 0 Å². The van der Waals surface area contributed by atoms with Gasteiger partial charge in [-0.25, -0.2) is 4.39 Å². The van der Waals surface area contributed by atoms with Crippen molar-refractivity contribution in [2.45, 2.75) is 32.1 Å². The van der Waals surface area contributed by atoms with Crippen LogP contribution in [0.25, 0.3) is 0 Å². The Morgan fingerprint density at radius 3 is 2.93 bits per heavy atom. The van der Waals surface area contributed by atoms with E-state index in [1.54, 1.807) is 0 Å². The average molecular weight is 370 g/mol. The van der Waals surface area contributed by atoms with Crippen LogP contribution in [0.5, 0.6) is 5.75 Å². The number of hydrogen-bond donors (Lipinski definition) is 2. The number of fused-ring (bicyclic) bond motifs is 1. The van der Waals surface area contributed by atoms with Crippen LogP contribution in [0, 0.1) is 5.82 Å². The molecule has 6 heteroatoms. The zero-order chi connectivity index (χ0) is 19.2. The molecule has 27 heavy (non-hydrogen) atoms. The molecule has 0 unspecified atom stereocenters. The molecule has 0 saturated carbocycles. The van der Waals surface area contributed by atoms with Crippen molar-refractivity contribution in [3.8, 4) is 5.75 Å². The molecule has 2 aromatic carbocycles. The molecule has 142 valence electrons. The number of anilines is 1. The Morgan fingerprint density at radius 1 is 1.30 bits per heavy atom. The fourth-order valence-electron chi connectivity index (χ4n) is 3.29. The predicted octanol–water partition coefficient (Wildman–Crippen LogP) is 3.40. The van der Waals surface area contributed by atoms with Crippen LogP contribution < -0.4 is 15.4 Å². The van der Waals surface area contributed by atoms with Crippen LogP contribution in [0.2, 0.25) is 0 Å². The fourth-order valence-corrected chi connectivity index (χ4v) is 3.29. The molecule has 0 aromatic heterocycles. The summed E-state index contributed by atoms with van der Waals surface area (Å²) in [6.45, 7) is 3.02. The molecule has 1 aliphatic rings. The molecule has 2 aromatic rings. The number of hydrogen-bond acceptors (Lipinski definition) is 3. The summed E-state index contributed by atoms with van der Waals surface area (Å²) < 4.78 is 19.2. The topological polar surface area (TPSA) is 67.4 Å². The van der Waals surface area contributed by atoms with Gasteiger partial charge in [0.2, 0.25) is 11.8 Å². The lowest BCUT2D eigenvalue weighted by Gasteiger charge is -2.25. The van der Waals surface area contributed by atoms with Gasteiger partial charge in [-0.3, -0.25) is 9.59 Å². The van der Waals surface area contributed by atoms with Gasteiger partial charge in [0, 0.05) is 18.7 Å². The maximum Gasteiger partial charge on any atom is 0.228 e. The summed E-state index contributed by atoms with van der Waals surface area (Å²) in [6, 6.07) is 11.9. The Hall–Kier alpha value is -2.89. The van der Waals surface area contributed by atoms with Crippen molar-refractivity contribution >= 4 is 17.5 Å².